The van der Waals surface area contributed by atoms with Gasteiger partial charge in [0, 0.05) is 29.7 Å². The van der Waals surface area contributed by atoms with E-state index in [9.17, 15) is 14.9 Å². The van der Waals surface area contributed by atoms with Crippen LogP contribution in [0.5, 0.6) is 0 Å². The number of rotatable bonds is 4. The topological polar surface area (TPSA) is 87.5 Å². The molecule has 152 valence electrons. The lowest BCUT2D eigenvalue weighted by molar-refractivity contribution is -0.384. The van der Waals surface area contributed by atoms with Crippen molar-refractivity contribution in [1.82, 2.24) is 5.32 Å². The third-order valence-corrected chi connectivity index (χ3v) is 5.30. The molecule has 1 saturated heterocycles. The summed E-state index contributed by atoms with van der Waals surface area (Å²) >= 11 is 17.1. The Labute approximate surface area is 183 Å². The lowest BCUT2D eigenvalue weighted by atomic mass is 10.1. The summed E-state index contributed by atoms with van der Waals surface area (Å²) in [6, 6.07) is 9.23. The van der Waals surface area contributed by atoms with Gasteiger partial charge in [-0.25, -0.2) is 0 Å². The van der Waals surface area contributed by atoms with E-state index in [4.69, 9.17) is 35.4 Å². The maximum atomic E-state index is 12.5. The fraction of sp³-hybridized carbons (Fsp3) is 0.263. The maximum Gasteiger partial charge on any atom is 0.293 e. The maximum absolute atomic E-state index is 12.5. The number of nitro benzene ring substituents is 1. The van der Waals surface area contributed by atoms with Crippen molar-refractivity contribution < 1.29 is 9.72 Å². The number of anilines is 2. The van der Waals surface area contributed by atoms with Crippen LogP contribution in [0.3, 0.4) is 0 Å². The van der Waals surface area contributed by atoms with Crippen LogP contribution >= 0.6 is 35.4 Å². The molecule has 1 fully saturated rings. The average molecular weight is 453 g/mol. The van der Waals surface area contributed by atoms with Crippen LogP contribution in [0.1, 0.15) is 29.6 Å². The number of amides is 1. The molecule has 3 rings (SSSR count). The average Bonchev–Trinajstić information content (AvgIpc) is 2.70. The van der Waals surface area contributed by atoms with E-state index in [1.807, 2.05) is 4.90 Å². The van der Waals surface area contributed by atoms with Crippen LogP contribution in [0.4, 0.5) is 17.1 Å². The van der Waals surface area contributed by atoms with Crippen molar-refractivity contribution in [1.29, 1.82) is 0 Å². The summed E-state index contributed by atoms with van der Waals surface area (Å²) in [4.78, 5) is 25.6. The van der Waals surface area contributed by atoms with Gasteiger partial charge >= 0.3 is 0 Å². The number of thiocarbonyl (C=S) groups is 1. The van der Waals surface area contributed by atoms with E-state index in [2.05, 4.69) is 10.6 Å². The molecule has 0 unspecified atom stereocenters. The zero-order valence-electron chi connectivity index (χ0n) is 15.3. The van der Waals surface area contributed by atoms with E-state index < -0.39 is 10.8 Å². The van der Waals surface area contributed by atoms with Crippen LogP contribution in [-0.2, 0) is 0 Å². The smallest absolute Gasteiger partial charge is 0.293 e. The van der Waals surface area contributed by atoms with Crippen molar-refractivity contribution in [2.45, 2.75) is 19.3 Å². The van der Waals surface area contributed by atoms with Crippen LogP contribution in [-0.4, -0.2) is 29.0 Å². The van der Waals surface area contributed by atoms with Crippen LogP contribution < -0.4 is 15.5 Å². The van der Waals surface area contributed by atoms with Crippen molar-refractivity contribution in [3.63, 3.8) is 0 Å². The monoisotopic (exact) mass is 452 g/mol. The molecule has 0 atom stereocenters. The van der Waals surface area contributed by atoms with Gasteiger partial charge in [0.15, 0.2) is 5.11 Å². The van der Waals surface area contributed by atoms with E-state index in [1.165, 1.54) is 6.07 Å². The van der Waals surface area contributed by atoms with E-state index in [0.717, 1.165) is 32.4 Å². The molecule has 10 heteroatoms. The van der Waals surface area contributed by atoms with Crippen molar-refractivity contribution in [3.8, 4) is 0 Å². The summed E-state index contributed by atoms with van der Waals surface area (Å²) in [6.45, 7) is 1.53. The molecule has 2 aromatic rings. The first kappa shape index (κ1) is 21.3. The van der Waals surface area contributed by atoms with Gasteiger partial charge in [0.25, 0.3) is 11.6 Å². The van der Waals surface area contributed by atoms with Crippen LogP contribution in [0.2, 0.25) is 10.0 Å². The SMILES string of the molecule is O=C(NC(=S)Nc1cc(Cl)ccc1Cl)c1ccc(N2CCCCC2)c([N+](=O)[O-])c1. The van der Waals surface area contributed by atoms with Crippen molar-refractivity contribution >= 4 is 63.5 Å². The van der Waals surface area contributed by atoms with E-state index in [-0.39, 0.29) is 16.4 Å². The zero-order chi connectivity index (χ0) is 21.0. The third kappa shape index (κ3) is 5.35. The number of piperidine rings is 1. The highest BCUT2D eigenvalue weighted by Gasteiger charge is 2.23. The number of carbonyl (C=O) groups excluding carboxylic acids is 1. The Morgan fingerprint density at radius 1 is 1.10 bits per heavy atom. The van der Waals surface area contributed by atoms with Crippen LogP contribution in [0.15, 0.2) is 36.4 Å². The Morgan fingerprint density at radius 3 is 2.52 bits per heavy atom. The van der Waals surface area contributed by atoms with Gasteiger partial charge in [-0.3, -0.25) is 20.2 Å². The predicted octanol–water partition coefficient (Wildman–Crippen LogP) is 5.02. The fourth-order valence-electron chi connectivity index (χ4n) is 3.14. The summed E-state index contributed by atoms with van der Waals surface area (Å²) in [7, 11) is 0. The molecule has 1 heterocycles. The molecule has 29 heavy (non-hydrogen) atoms. The molecular formula is C19H18Cl2N4O3S. The quantitative estimate of drug-likeness (QED) is 0.384. The Balaban J connectivity index is 1.74. The molecule has 7 nitrogen and oxygen atoms in total. The van der Waals surface area contributed by atoms with E-state index in [1.54, 1.807) is 30.3 Å². The predicted molar refractivity (Wildman–Crippen MR) is 119 cm³/mol. The van der Waals surface area contributed by atoms with Gasteiger partial charge in [0.1, 0.15) is 5.69 Å². The largest absolute Gasteiger partial charge is 0.366 e. The normalized spacial score (nSPS) is 13.7. The number of nitrogens with one attached hydrogen (secondary N) is 2. The summed E-state index contributed by atoms with van der Waals surface area (Å²) in [5.74, 6) is -0.561. The van der Waals surface area contributed by atoms with Crippen molar-refractivity contribution in [2.24, 2.45) is 0 Å². The summed E-state index contributed by atoms with van der Waals surface area (Å²) in [5, 5.41) is 17.7. The molecule has 0 aromatic heterocycles. The van der Waals surface area contributed by atoms with Crippen molar-refractivity contribution in [2.75, 3.05) is 23.3 Å². The first-order valence-electron chi connectivity index (χ1n) is 8.96. The second-order valence-electron chi connectivity index (χ2n) is 6.54. The van der Waals surface area contributed by atoms with Crippen LogP contribution in [0.25, 0.3) is 0 Å². The zero-order valence-corrected chi connectivity index (χ0v) is 17.6. The molecule has 2 aromatic carbocycles. The Morgan fingerprint density at radius 2 is 1.83 bits per heavy atom. The van der Waals surface area contributed by atoms with Gasteiger partial charge in [-0.2, -0.15) is 0 Å². The van der Waals surface area contributed by atoms with Gasteiger partial charge < -0.3 is 10.2 Å². The van der Waals surface area contributed by atoms with E-state index in [0.29, 0.717) is 21.4 Å². The number of benzene rings is 2. The van der Waals surface area contributed by atoms with Gasteiger partial charge in [0.05, 0.1) is 15.6 Å². The molecule has 0 aliphatic carbocycles. The molecule has 2 N–H and O–H groups in total. The highest BCUT2D eigenvalue weighted by molar-refractivity contribution is 7.80. The standard InChI is InChI=1S/C19H18Cl2N4O3S/c20-13-5-6-14(21)15(11-13)22-19(29)23-18(26)12-4-7-16(17(10-12)25(27)28)24-8-2-1-3-9-24/h4-7,10-11H,1-3,8-9H2,(H2,22,23,26,29). The summed E-state index contributed by atoms with van der Waals surface area (Å²) in [6.07, 6.45) is 3.10. The van der Waals surface area contributed by atoms with Gasteiger partial charge in [0.2, 0.25) is 0 Å². The summed E-state index contributed by atoms with van der Waals surface area (Å²) in [5.41, 5.74) is 1.00. The molecule has 0 saturated carbocycles. The molecular weight excluding hydrogens is 435 g/mol. The van der Waals surface area contributed by atoms with E-state index >= 15 is 0 Å². The minimum absolute atomic E-state index is 0.00178. The Bertz CT molecular complexity index is 964. The Kier molecular flexibility index (Phi) is 6.89. The summed E-state index contributed by atoms with van der Waals surface area (Å²) < 4.78 is 0. The third-order valence-electron chi connectivity index (χ3n) is 4.53. The molecule has 1 aliphatic rings. The first-order valence-corrected chi connectivity index (χ1v) is 10.1. The number of carbonyl (C=O) groups is 1. The molecule has 1 aliphatic heterocycles. The number of hydrogen-bond acceptors (Lipinski definition) is 5. The number of nitro groups is 1. The second kappa shape index (κ2) is 9.39. The van der Waals surface area contributed by atoms with Gasteiger partial charge in [-0.05, 0) is 61.8 Å². The Hall–Kier alpha value is -2.42. The number of nitrogens with zero attached hydrogens (tertiary/aromatic N) is 2. The lowest BCUT2D eigenvalue weighted by Crippen LogP contribution is -2.34. The van der Waals surface area contributed by atoms with Gasteiger partial charge in [-0.1, -0.05) is 23.2 Å². The molecule has 0 spiro atoms. The number of hydrogen-bond donors (Lipinski definition) is 2. The molecule has 0 bridgehead atoms. The minimum Gasteiger partial charge on any atom is -0.366 e. The highest BCUT2D eigenvalue weighted by atomic mass is 35.5. The van der Waals surface area contributed by atoms with Gasteiger partial charge in [-0.15, -0.1) is 0 Å². The first-order chi connectivity index (χ1) is 13.8. The minimum atomic E-state index is -0.561. The molecule has 0 radical (unpaired) electrons. The molecule has 1 amide bonds. The fourth-order valence-corrected chi connectivity index (χ4v) is 3.67. The second-order valence-corrected chi connectivity index (χ2v) is 7.79. The highest BCUT2D eigenvalue weighted by Crippen LogP contribution is 2.31. The number of halogens is 2. The van der Waals surface area contributed by atoms with Crippen molar-refractivity contribution in [3.05, 3.63) is 62.1 Å². The lowest BCUT2D eigenvalue weighted by Gasteiger charge is -2.28. The van der Waals surface area contributed by atoms with Crippen LogP contribution in [0, 0.1) is 10.1 Å².